The van der Waals surface area contributed by atoms with Crippen LogP contribution >= 0.6 is 0 Å². The van der Waals surface area contributed by atoms with Gasteiger partial charge in [0.1, 0.15) is 6.61 Å². The SMILES string of the molecule is C=CC(=C)/C=C/C=C(C)/C=C/C=C(\C)C=NCCOC(C)=O. The van der Waals surface area contributed by atoms with Crippen LogP contribution in [0.2, 0.25) is 0 Å². The van der Waals surface area contributed by atoms with Crippen molar-refractivity contribution in [2.24, 2.45) is 4.99 Å². The summed E-state index contributed by atoms with van der Waals surface area (Å²) in [5, 5.41) is 0. The van der Waals surface area contributed by atoms with E-state index in [0.717, 1.165) is 16.7 Å². The van der Waals surface area contributed by atoms with E-state index in [1.807, 2.05) is 50.3 Å². The van der Waals surface area contributed by atoms with Gasteiger partial charge in [-0.25, -0.2) is 0 Å². The molecule has 0 bridgehead atoms. The minimum absolute atomic E-state index is 0.279. The molecule has 0 radical (unpaired) electrons. The Morgan fingerprint density at radius 2 is 1.73 bits per heavy atom. The minimum atomic E-state index is -0.279. The fourth-order valence-corrected chi connectivity index (χ4v) is 1.29. The molecule has 0 aliphatic heterocycles. The Balaban J connectivity index is 4.26. The Morgan fingerprint density at radius 1 is 1.09 bits per heavy atom. The van der Waals surface area contributed by atoms with Crippen molar-refractivity contribution in [2.75, 3.05) is 13.2 Å². The van der Waals surface area contributed by atoms with Crippen LogP contribution in [-0.4, -0.2) is 25.3 Å². The number of ether oxygens (including phenoxy) is 1. The number of hydrogen-bond donors (Lipinski definition) is 0. The van der Waals surface area contributed by atoms with Gasteiger partial charge in [-0.1, -0.05) is 61.3 Å². The first-order valence-corrected chi connectivity index (χ1v) is 7.10. The molecule has 3 nitrogen and oxygen atoms in total. The van der Waals surface area contributed by atoms with E-state index in [4.69, 9.17) is 4.74 Å². The van der Waals surface area contributed by atoms with Gasteiger partial charge in [-0.3, -0.25) is 9.79 Å². The summed E-state index contributed by atoms with van der Waals surface area (Å²) in [7, 11) is 0. The van der Waals surface area contributed by atoms with Crippen LogP contribution in [0.3, 0.4) is 0 Å². The molecule has 0 aromatic heterocycles. The van der Waals surface area contributed by atoms with Gasteiger partial charge in [0, 0.05) is 13.1 Å². The standard InChI is InChI=1S/C19H25NO2/c1-6-16(2)9-7-10-17(3)11-8-12-18(4)15-20-13-14-22-19(5)21/h6-12,15H,1-2,13-14H2,3-5H3/b9-7+,11-8+,17-10+,18-12+,20-15?. The Bertz CT molecular complexity index is 532. The Kier molecular flexibility index (Phi) is 11.0. The predicted molar refractivity (Wildman–Crippen MR) is 95.1 cm³/mol. The monoisotopic (exact) mass is 299 g/mol. The number of nitrogens with zero attached hydrogens (tertiary/aromatic N) is 1. The molecule has 0 spiro atoms. The fourth-order valence-electron chi connectivity index (χ4n) is 1.29. The summed E-state index contributed by atoms with van der Waals surface area (Å²) in [5.41, 5.74) is 3.04. The molecule has 0 aliphatic rings. The zero-order valence-corrected chi connectivity index (χ0v) is 13.7. The third kappa shape index (κ3) is 12.6. The lowest BCUT2D eigenvalue weighted by molar-refractivity contribution is -0.140. The Morgan fingerprint density at radius 3 is 2.36 bits per heavy atom. The molecule has 0 aliphatic carbocycles. The van der Waals surface area contributed by atoms with Crippen LogP contribution in [0.1, 0.15) is 20.8 Å². The van der Waals surface area contributed by atoms with Crippen LogP contribution in [0, 0.1) is 0 Å². The number of hydrogen-bond acceptors (Lipinski definition) is 3. The van der Waals surface area contributed by atoms with E-state index in [1.54, 1.807) is 12.3 Å². The highest BCUT2D eigenvalue weighted by Gasteiger charge is 1.89. The lowest BCUT2D eigenvalue weighted by Gasteiger charge is -1.96. The summed E-state index contributed by atoms with van der Waals surface area (Å²) >= 11 is 0. The fraction of sp³-hybridized carbons (Fsp3) is 0.263. The summed E-state index contributed by atoms with van der Waals surface area (Å²) < 4.78 is 4.79. The maximum Gasteiger partial charge on any atom is 0.302 e. The lowest BCUT2D eigenvalue weighted by Crippen LogP contribution is -2.03. The summed E-state index contributed by atoms with van der Waals surface area (Å²) in [6.45, 7) is 13.6. The van der Waals surface area contributed by atoms with Crippen molar-refractivity contribution in [3.05, 3.63) is 72.4 Å². The van der Waals surface area contributed by atoms with E-state index in [1.165, 1.54) is 6.92 Å². The van der Waals surface area contributed by atoms with Crippen molar-refractivity contribution in [2.45, 2.75) is 20.8 Å². The van der Waals surface area contributed by atoms with Crippen molar-refractivity contribution < 1.29 is 9.53 Å². The third-order valence-corrected chi connectivity index (χ3v) is 2.47. The molecule has 0 unspecified atom stereocenters. The molecule has 0 rings (SSSR count). The van der Waals surface area contributed by atoms with Gasteiger partial charge >= 0.3 is 5.97 Å². The molecule has 0 saturated heterocycles. The molecule has 0 amide bonds. The van der Waals surface area contributed by atoms with E-state index < -0.39 is 0 Å². The molecule has 0 saturated carbocycles. The summed E-state index contributed by atoms with van der Waals surface area (Å²) in [6, 6.07) is 0. The average Bonchev–Trinajstić information content (AvgIpc) is 2.46. The number of carbonyl (C=O) groups excluding carboxylic acids is 1. The summed E-state index contributed by atoms with van der Waals surface area (Å²) in [6.07, 6.45) is 15.3. The maximum absolute atomic E-state index is 10.6. The van der Waals surface area contributed by atoms with Gasteiger partial charge in [0.15, 0.2) is 0 Å². The average molecular weight is 299 g/mol. The molecule has 22 heavy (non-hydrogen) atoms. The number of rotatable bonds is 9. The molecular formula is C19H25NO2. The summed E-state index contributed by atoms with van der Waals surface area (Å²) in [5.74, 6) is -0.279. The Hall–Kier alpha value is -2.42. The quantitative estimate of drug-likeness (QED) is 0.274. The molecule has 3 heteroatoms. The first kappa shape index (κ1) is 19.6. The van der Waals surface area contributed by atoms with Crippen molar-refractivity contribution in [3.63, 3.8) is 0 Å². The van der Waals surface area contributed by atoms with E-state index >= 15 is 0 Å². The second-order valence-electron chi connectivity index (χ2n) is 4.69. The smallest absolute Gasteiger partial charge is 0.302 e. The number of carbonyl (C=O) groups is 1. The topological polar surface area (TPSA) is 38.7 Å². The van der Waals surface area contributed by atoms with Crippen molar-refractivity contribution in [3.8, 4) is 0 Å². The summed E-state index contributed by atoms with van der Waals surface area (Å²) in [4.78, 5) is 14.7. The van der Waals surface area contributed by atoms with Gasteiger partial charge in [-0.2, -0.15) is 0 Å². The van der Waals surface area contributed by atoms with Crippen molar-refractivity contribution >= 4 is 12.2 Å². The van der Waals surface area contributed by atoms with Crippen molar-refractivity contribution in [1.29, 1.82) is 0 Å². The number of esters is 1. The van der Waals surface area contributed by atoms with Gasteiger partial charge in [-0.05, 0) is 25.0 Å². The molecule has 0 aromatic rings. The van der Waals surface area contributed by atoms with Crippen LogP contribution in [0.4, 0.5) is 0 Å². The third-order valence-electron chi connectivity index (χ3n) is 2.47. The maximum atomic E-state index is 10.6. The van der Waals surface area contributed by atoms with Crippen molar-refractivity contribution in [1.82, 2.24) is 0 Å². The van der Waals surface area contributed by atoms with Gasteiger partial charge in [-0.15, -0.1) is 0 Å². The van der Waals surface area contributed by atoms with Gasteiger partial charge in [0.2, 0.25) is 0 Å². The van der Waals surface area contributed by atoms with Crippen LogP contribution in [0.15, 0.2) is 77.4 Å². The predicted octanol–water partition coefficient (Wildman–Crippen LogP) is 4.37. The van der Waals surface area contributed by atoms with Crippen LogP contribution in [0.25, 0.3) is 0 Å². The van der Waals surface area contributed by atoms with E-state index in [2.05, 4.69) is 18.2 Å². The molecule has 0 fully saturated rings. The highest BCUT2D eigenvalue weighted by Crippen LogP contribution is 2.00. The molecule has 118 valence electrons. The van der Waals surface area contributed by atoms with Gasteiger partial charge in [0.25, 0.3) is 0 Å². The highest BCUT2D eigenvalue weighted by molar-refractivity contribution is 5.78. The zero-order valence-electron chi connectivity index (χ0n) is 13.7. The minimum Gasteiger partial charge on any atom is -0.464 e. The van der Waals surface area contributed by atoms with E-state index in [0.29, 0.717) is 13.2 Å². The number of allylic oxidation sites excluding steroid dienone is 10. The Labute approximate surface area is 133 Å². The number of aliphatic imine (C=N–C) groups is 1. The molecule has 0 heterocycles. The normalized spacial score (nSPS) is 13.2. The zero-order chi connectivity index (χ0) is 16.8. The van der Waals surface area contributed by atoms with Crippen LogP contribution < -0.4 is 0 Å². The first-order valence-electron chi connectivity index (χ1n) is 7.10. The van der Waals surface area contributed by atoms with Gasteiger partial charge in [0.05, 0.1) is 6.54 Å². The van der Waals surface area contributed by atoms with Crippen LogP contribution in [-0.2, 0) is 9.53 Å². The molecule has 0 aromatic carbocycles. The largest absolute Gasteiger partial charge is 0.464 e. The highest BCUT2D eigenvalue weighted by atomic mass is 16.5. The molecule has 0 N–H and O–H groups in total. The van der Waals surface area contributed by atoms with Crippen LogP contribution in [0.5, 0.6) is 0 Å². The first-order chi connectivity index (χ1) is 10.5. The molecular weight excluding hydrogens is 274 g/mol. The second-order valence-corrected chi connectivity index (χ2v) is 4.69. The molecule has 0 atom stereocenters. The van der Waals surface area contributed by atoms with Gasteiger partial charge < -0.3 is 4.74 Å². The van der Waals surface area contributed by atoms with E-state index in [-0.39, 0.29) is 5.97 Å². The second kappa shape index (κ2) is 12.3. The van der Waals surface area contributed by atoms with E-state index in [9.17, 15) is 4.79 Å². The lowest BCUT2D eigenvalue weighted by atomic mass is 10.2.